The van der Waals surface area contributed by atoms with Gasteiger partial charge in [-0.05, 0) is 44.0 Å². The van der Waals surface area contributed by atoms with Crippen LogP contribution < -0.4 is 0 Å². The number of carboxylic acids is 1. The molecule has 1 saturated heterocycles. The highest BCUT2D eigenvalue weighted by Gasteiger charge is 2.38. The lowest BCUT2D eigenvalue weighted by atomic mass is 10.1. The Hall–Kier alpha value is -2.39. The number of aliphatic hydroxyl groups excluding tert-OH is 1. The molecule has 9 heteroatoms. The van der Waals surface area contributed by atoms with E-state index in [0.717, 1.165) is 30.9 Å². The largest absolute Gasteiger partial charge is 0.490 e. The van der Waals surface area contributed by atoms with Crippen molar-refractivity contribution in [1.29, 1.82) is 0 Å². The average molecular weight is 399 g/mol. The molecule has 0 saturated carbocycles. The number of carbonyl (C=O) groups is 1. The SMILES string of the molecule is Cc1cc(-c2cccc(CN3CCC[C@H]3CO)c2)n(C)n1.O=C(O)C(F)(F)F. The monoisotopic (exact) mass is 399 g/mol. The van der Waals surface area contributed by atoms with Crippen LogP contribution in [0.3, 0.4) is 0 Å². The van der Waals surface area contributed by atoms with Gasteiger partial charge in [0.2, 0.25) is 0 Å². The Kier molecular flexibility index (Phi) is 7.20. The van der Waals surface area contributed by atoms with Crippen molar-refractivity contribution in [3.8, 4) is 11.3 Å². The molecule has 2 N–H and O–H groups in total. The van der Waals surface area contributed by atoms with Gasteiger partial charge < -0.3 is 10.2 Å². The van der Waals surface area contributed by atoms with Crippen LogP contribution >= 0.6 is 0 Å². The van der Waals surface area contributed by atoms with E-state index in [-0.39, 0.29) is 6.61 Å². The first-order valence-corrected chi connectivity index (χ1v) is 8.86. The Morgan fingerprint density at radius 1 is 1.32 bits per heavy atom. The van der Waals surface area contributed by atoms with E-state index >= 15 is 0 Å². The fraction of sp³-hybridized carbons (Fsp3) is 0.474. The normalized spacial score (nSPS) is 17.3. The molecule has 1 fully saturated rings. The number of aliphatic carboxylic acids is 1. The van der Waals surface area contributed by atoms with E-state index in [1.807, 2.05) is 18.7 Å². The fourth-order valence-electron chi connectivity index (χ4n) is 3.25. The van der Waals surface area contributed by atoms with Gasteiger partial charge in [-0.25, -0.2) is 4.79 Å². The van der Waals surface area contributed by atoms with Crippen LogP contribution in [0.25, 0.3) is 11.3 Å². The number of rotatable bonds is 4. The van der Waals surface area contributed by atoms with Gasteiger partial charge in [-0.15, -0.1) is 0 Å². The minimum atomic E-state index is -5.08. The second-order valence-corrected chi connectivity index (χ2v) is 6.75. The maximum atomic E-state index is 10.6. The first kappa shape index (κ1) is 21.9. The van der Waals surface area contributed by atoms with Crippen molar-refractivity contribution in [3.05, 3.63) is 41.6 Å². The molecule has 6 nitrogen and oxygen atoms in total. The van der Waals surface area contributed by atoms with Gasteiger partial charge in [-0.2, -0.15) is 18.3 Å². The first-order chi connectivity index (χ1) is 13.1. The lowest BCUT2D eigenvalue weighted by molar-refractivity contribution is -0.192. The molecule has 154 valence electrons. The molecule has 0 unspecified atom stereocenters. The van der Waals surface area contributed by atoms with Crippen molar-refractivity contribution in [1.82, 2.24) is 14.7 Å². The van der Waals surface area contributed by atoms with Gasteiger partial charge in [0, 0.05) is 25.2 Å². The van der Waals surface area contributed by atoms with Crippen LogP contribution in [-0.4, -0.2) is 56.2 Å². The Morgan fingerprint density at radius 2 is 2.00 bits per heavy atom. The Bertz CT molecular complexity index is 805. The molecule has 0 bridgehead atoms. The minimum Gasteiger partial charge on any atom is -0.475 e. The van der Waals surface area contributed by atoms with Crippen LogP contribution in [0.15, 0.2) is 30.3 Å². The van der Waals surface area contributed by atoms with Crippen molar-refractivity contribution in [2.75, 3.05) is 13.2 Å². The van der Waals surface area contributed by atoms with Gasteiger partial charge in [0.1, 0.15) is 0 Å². The Labute approximate surface area is 161 Å². The number of aryl methyl sites for hydroxylation is 2. The maximum Gasteiger partial charge on any atom is 0.490 e. The summed E-state index contributed by atoms with van der Waals surface area (Å²) in [7, 11) is 1.98. The predicted octanol–water partition coefficient (Wildman–Crippen LogP) is 2.99. The van der Waals surface area contributed by atoms with Crippen LogP contribution in [0.4, 0.5) is 13.2 Å². The lowest BCUT2D eigenvalue weighted by Gasteiger charge is -2.22. The number of likely N-dealkylation sites (tertiary alicyclic amines) is 1. The third-order valence-electron chi connectivity index (χ3n) is 4.56. The average Bonchev–Trinajstić information content (AvgIpc) is 3.20. The summed E-state index contributed by atoms with van der Waals surface area (Å²) in [6.45, 7) is 4.28. The third-order valence-corrected chi connectivity index (χ3v) is 4.56. The summed E-state index contributed by atoms with van der Waals surface area (Å²) >= 11 is 0. The van der Waals surface area contributed by atoms with Gasteiger partial charge in [-0.1, -0.05) is 18.2 Å². The summed E-state index contributed by atoms with van der Waals surface area (Å²) < 4.78 is 33.7. The molecule has 1 aliphatic rings. The predicted molar refractivity (Wildman–Crippen MR) is 97.6 cm³/mol. The smallest absolute Gasteiger partial charge is 0.475 e. The summed E-state index contributed by atoms with van der Waals surface area (Å²) in [5, 5.41) is 21.0. The highest BCUT2D eigenvalue weighted by atomic mass is 19.4. The molecule has 2 aromatic rings. The van der Waals surface area contributed by atoms with Crippen molar-refractivity contribution >= 4 is 5.97 Å². The molecule has 0 amide bonds. The summed E-state index contributed by atoms with van der Waals surface area (Å²) in [4.78, 5) is 11.3. The Balaban J connectivity index is 0.000000345. The van der Waals surface area contributed by atoms with Crippen LogP contribution in [0.5, 0.6) is 0 Å². The Morgan fingerprint density at radius 3 is 2.54 bits per heavy atom. The number of benzene rings is 1. The summed E-state index contributed by atoms with van der Waals surface area (Å²) in [5.41, 5.74) is 4.69. The number of halogens is 3. The number of alkyl halides is 3. The van der Waals surface area contributed by atoms with Gasteiger partial charge in [0.05, 0.1) is 18.0 Å². The standard InChI is InChI=1S/C17H23N3O.C2HF3O2/c1-13-9-17(19(2)18-13)15-6-3-5-14(10-15)11-20-8-4-7-16(20)12-21;3-2(4,5)1(6)7/h3,5-6,9-10,16,21H,4,7-8,11-12H2,1-2H3;(H,6,7)/t16-;/m0./s1. The van der Waals surface area contributed by atoms with Crippen LogP contribution in [-0.2, 0) is 18.4 Å². The molecule has 1 atom stereocenters. The molecular formula is C19H24F3N3O3. The summed E-state index contributed by atoms with van der Waals surface area (Å²) in [6, 6.07) is 11.1. The second-order valence-electron chi connectivity index (χ2n) is 6.75. The maximum absolute atomic E-state index is 10.6. The van der Waals surface area contributed by atoms with Crippen LogP contribution in [0.2, 0.25) is 0 Å². The van der Waals surface area contributed by atoms with Gasteiger partial charge >= 0.3 is 12.1 Å². The molecular weight excluding hydrogens is 375 g/mol. The molecule has 0 spiro atoms. The molecule has 2 heterocycles. The highest BCUT2D eigenvalue weighted by molar-refractivity contribution is 5.73. The van der Waals surface area contributed by atoms with Crippen molar-refractivity contribution < 1.29 is 28.2 Å². The number of nitrogens with zero attached hydrogens (tertiary/aromatic N) is 3. The molecule has 28 heavy (non-hydrogen) atoms. The van der Waals surface area contributed by atoms with Gasteiger partial charge in [0.15, 0.2) is 0 Å². The molecule has 0 aliphatic carbocycles. The molecule has 3 rings (SSSR count). The van der Waals surface area contributed by atoms with Crippen molar-refractivity contribution in [3.63, 3.8) is 0 Å². The van der Waals surface area contributed by atoms with Gasteiger partial charge in [0.25, 0.3) is 0 Å². The number of carboxylic acid groups (broad SMARTS) is 1. The number of aliphatic hydroxyl groups is 1. The van der Waals surface area contributed by atoms with E-state index in [9.17, 15) is 18.3 Å². The van der Waals surface area contributed by atoms with Crippen LogP contribution in [0.1, 0.15) is 24.1 Å². The van der Waals surface area contributed by atoms with E-state index in [1.54, 1.807) is 0 Å². The highest BCUT2D eigenvalue weighted by Crippen LogP contribution is 2.24. The quantitative estimate of drug-likeness (QED) is 0.827. The molecule has 1 aromatic heterocycles. The topological polar surface area (TPSA) is 78.6 Å². The van der Waals surface area contributed by atoms with E-state index in [1.165, 1.54) is 17.5 Å². The first-order valence-electron chi connectivity index (χ1n) is 8.86. The molecule has 0 radical (unpaired) electrons. The fourth-order valence-corrected chi connectivity index (χ4v) is 3.25. The molecule has 1 aliphatic heterocycles. The zero-order chi connectivity index (χ0) is 20.9. The number of hydrogen-bond acceptors (Lipinski definition) is 4. The van der Waals surface area contributed by atoms with E-state index in [4.69, 9.17) is 9.90 Å². The van der Waals surface area contributed by atoms with Gasteiger partial charge in [-0.3, -0.25) is 9.58 Å². The van der Waals surface area contributed by atoms with Crippen LogP contribution in [0, 0.1) is 6.92 Å². The lowest BCUT2D eigenvalue weighted by Crippen LogP contribution is -2.31. The van der Waals surface area contributed by atoms with E-state index in [0.29, 0.717) is 6.04 Å². The van der Waals surface area contributed by atoms with E-state index in [2.05, 4.69) is 40.3 Å². The van der Waals surface area contributed by atoms with Crippen molar-refractivity contribution in [2.24, 2.45) is 7.05 Å². The summed E-state index contributed by atoms with van der Waals surface area (Å²) in [5.74, 6) is -2.76. The van der Waals surface area contributed by atoms with Crippen molar-refractivity contribution in [2.45, 2.75) is 38.5 Å². The zero-order valence-electron chi connectivity index (χ0n) is 15.8. The third kappa shape index (κ3) is 5.80. The van der Waals surface area contributed by atoms with E-state index < -0.39 is 12.1 Å². The number of hydrogen-bond donors (Lipinski definition) is 2. The second kappa shape index (κ2) is 9.20. The zero-order valence-corrected chi connectivity index (χ0v) is 15.8. The molecule has 1 aromatic carbocycles. The number of aromatic nitrogens is 2. The summed E-state index contributed by atoms with van der Waals surface area (Å²) in [6.07, 6.45) is -2.79. The minimum absolute atomic E-state index is 0.264.